The van der Waals surface area contributed by atoms with Crippen LogP contribution in [0.5, 0.6) is 5.75 Å². The lowest BCUT2D eigenvalue weighted by atomic mass is 9.99. The van der Waals surface area contributed by atoms with Gasteiger partial charge in [-0.3, -0.25) is 0 Å². The number of ether oxygens (including phenoxy) is 1. The van der Waals surface area contributed by atoms with Crippen molar-refractivity contribution in [3.63, 3.8) is 0 Å². The molecule has 1 aliphatic heterocycles. The lowest BCUT2D eigenvalue weighted by Crippen LogP contribution is -2.26. The molecule has 0 radical (unpaired) electrons. The molecule has 0 atom stereocenters. The number of hydrogen-bond donors (Lipinski definition) is 1. The van der Waals surface area contributed by atoms with Crippen molar-refractivity contribution in [2.24, 2.45) is 0 Å². The van der Waals surface area contributed by atoms with Crippen LogP contribution < -0.4 is 10.1 Å². The molecule has 3 aromatic rings. The van der Waals surface area contributed by atoms with Crippen LogP contribution >= 0.6 is 0 Å². The van der Waals surface area contributed by atoms with E-state index in [1.54, 1.807) is 21.0 Å². The molecule has 10 heteroatoms. The summed E-state index contributed by atoms with van der Waals surface area (Å²) in [6, 6.07) is 3.68. The lowest BCUT2D eigenvalue weighted by molar-refractivity contribution is -0.140. The Labute approximate surface area is 171 Å². The van der Waals surface area contributed by atoms with Crippen molar-refractivity contribution in [1.82, 2.24) is 24.6 Å². The van der Waals surface area contributed by atoms with E-state index in [4.69, 9.17) is 4.74 Å². The zero-order valence-electron chi connectivity index (χ0n) is 17.2. The summed E-state index contributed by atoms with van der Waals surface area (Å²) in [6.07, 6.45) is -2.48. The molecule has 0 aliphatic carbocycles. The molecule has 160 valence electrons. The third-order valence-corrected chi connectivity index (χ3v) is 5.18. The maximum absolute atomic E-state index is 13.4. The summed E-state index contributed by atoms with van der Waals surface area (Å²) in [6.45, 7) is 5.29. The molecular formula is C20H23F3N6O. The molecule has 1 aliphatic rings. The number of hydrogen-bond acceptors (Lipinski definition) is 6. The quantitative estimate of drug-likeness (QED) is 0.684. The van der Waals surface area contributed by atoms with Crippen molar-refractivity contribution < 1.29 is 17.9 Å². The van der Waals surface area contributed by atoms with E-state index in [0.29, 0.717) is 11.4 Å². The van der Waals surface area contributed by atoms with Crippen LogP contribution in [0.15, 0.2) is 18.3 Å². The summed E-state index contributed by atoms with van der Waals surface area (Å²) < 4.78 is 46.9. The Bertz CT molecular complexity index is 1090. The minimum Gasteiger partial charge on any atom is -0.495 e. The summed E-state index contributed by atoms with van der Waals surface area (Å²) >= 11 is 0. The average molecular weight is 420 g/mol. The van der Waals surface area contributed by atoms with Crippen LogP contribution in [-0.2, 0) is 19.1 Å². The highest BCUT2D eigenvalue weighted by atomic mass is 19.4. The van der Waals surface area contributed by atoms with E-state index in [2.05, 4.69) is 32.3 Å². The first-order chi connectivity index (χ1) is 14.2. The van der Waals surface area contributed by atoms with Gasteiger partial charge >= 0.3 is 6.18 Å². The van der Waals surface area contributed by atoms with Gasteiger partial charge in [0, 0.05) is 25.3 Å². The summed E-state index contributed by atoms with van der Waals surface area (Å²) in [5.41, 5.74) is 2.20. The summed E-state index contributed by atoms with van der Waals surface area (Å²) in [5, 5.41) is 6.72. The second kappa shape index (κ2) is 7.42. The number of nitrogens with one attached hydrogen (secondary N) is 1. The van der Waals surface area contributed by atoms with Crippen molar-refractivity contribution in [2.75, 3.05) is 26.0 Å². The Kier molecular flexibility index (Phi) is 5.05. The smallest absolute Gasteiger partial charge is 0.435 e. The molecule has 3 heterocycles. The minimum absolute atomic E-state index is 0.124. The van der Waals surface area contributed by atoms with Gasteiger partial charge in [-0.25, -0.2) is 9.67 Å². The second-order valence-corrected chi connectivity index (χ2v) is 7.75. The molecule has 4 rings (SSSR count). The van der Waals surface area contributed by atoms with Crippen molar-refractivity contribution >= 4 is 22.7 Å². The van der Waals surface area contributed by atoms with Crippen molar-refractivity contribution in [2.45, 2.75) is 39.0 Å². The molecule has 1 N–H and O–H groups in total. The van der Waals surface area contributed by atoms with Gasteiger partial charge in [-0.2, -0.15) is 23.3 Å². The van der Waals surface area contributed by atoms with Gasteiger partial charge in [-0.1, -0.05) is 0 Å². The van der Waals surface area contributed by atoms with Crippen LogP contribution in [0.3, 0.4) is 0 Å². The topological polar surface area (TPSA) is 68.1 Å². The van der Waals surface area contributed by atoms with Gasteiger partial charge in [-0.15, -0.1) is 0 Å². The number of fused-ring (bicyclic) bond motifs is 2. The Morgan fingerprint density at radius 1 is 1.20 bits per heavy atom. The van der Waals surface area contributed by atoms with E-state index in [1.165, 1.54) is 15.8 Å². The van der Waals surface area contributed by atoms with Crippen LogP contribution in [0.25, 0.3) is 11.0 Å². The first-order valence-electron chi connectivity index (χ1n) is 9.65. The van der Waals surface area contributed by atoms with Gasteiger partial charge in [0.2, 0.25) is 5.95 Å². The summed E-state index contributed by atoms with van der Waals surface area (Å²) in [5.74, 6) is 0.816. The monoisotopic (exact) mass is 420 g/mol. The molecule has 2 aromatic heterocycles. The largest absolute Gasteiger partial charge is 0.495 e. The van der Waals surface area contributed by atoms with E-state index >= 15 is 0 Å². The predicted molar refractivity (Wildman–Crippen MR) is 107 cm³/mol. The van der Waals surface area contributed by atoms with Gasteiger partial charge in [0.05, 0.1) is 18.2 Å². The normalized spacial score (nSPS) is 14.9. The van der Waals surface area contributed by atoms with Crippen molar-refractivity contribution in [3.8, 4) is 5.75 Å². The average Bonchev–Trinajstić information content (AvgIpc) is 3.07. The van der Waals surface area contributed by atoms with Gasteiger partial charge in [0.25, 0.3) is 0 Å². The van der Waals surface area contributed by atoms with E-state index in [-0.39, 0.29) is 23.0 Å². The number of aromatic nitrogens is 4. The van der Waals surface area contributed by atoms with E-state index in [0.717, 1.165) is 25.7 Å². The Morgan fingerprint density at radius 3 is 2.63 bits per heavy atom. The fourth-order valence-electron chi connectivity index (χ4n) is 3.67. The number of nitrogens with zero attached hydrogens (tertiary/aromatic N) is 5. The zero-order valence-corrected chi connectivity index (χ0v) is 17.2. The van der Waals surface area contributed by atoms with Gasteiger partial charge in [0.15, 0.2) is 11.3 Å². The Balaban J connectivity index is 1.76. The Hall–Kier alpha value is -2.88. The maximum atomic E-state index is 13.4. The fourth-order valence-corrected chi connectivity index (χ4v) is 3.67. The predicted octanol–water partition coefficient (Wildman–Crippen LogP) is 4.17. The first kappa shape index (κ1) is 20.4. The molecule has 0 saturated carbocycles. The van der Waals surface area contributed by atoms with Crippen LogP contribution in [0, 0.1) is 0 Å². The summed E-state index contributed by atoms with van der Waals surface area (Å²) in [7, 11) is 3.64. The third-order valence-electron chi connectivity index (χ3n) is 5.18. The van der Waals surface area contributed by atoms with Gasteiger partial charge in [-0.05, 0) is 50.6 Å². The number of halogens is 3. The van der Waals surface area contributed by atoms with Crippen molar-refractivity contribution in [3.05, 3.63) is 35.2 Å². The lowest BCUT2D eigenvalue weighted by Gasteiger charge is -2.26. The number of rotatable bonds is 4. The number of likely N-dealkylation sites (N-methyl/N-ethyl adjacent to an activating group) is 1. The van der Waals surface area contributed by atoms with E-state index in [9.17, 15) is 13.2 Å². The number of methoxy groups -OCH3 is 1. The maximum Gasteiger partial charge on any atom is 0.435 e. The van der Waals surface area contributed by atoms with Crippen LogP contribution in [0.4, 0.5) is 24.8 Å². The molecule has 30 heavy (non-hydrogen) atoms. The van der Waals surface area contributed by atoms with Crippen LogP contribution in [0.1, 0.15) is 36.7 Å². The molecule has 7 nitrogen and oxygen atoms in total. The van der Waals surface area contributed by atoms with Crippen LogP contribution in [-0.4, -0.2) is 45.4 Å². The number of anilines is 2. The number of benzene rings is 1. The number of alkyl halides is 3. The molecule has 0 spiro atoms. The highest BCUT2D eigenvalue weighted by Crippen LogP contribution is 2.36. The van der Waals surface area contributed by atoms with E-state index in [1.807, 2.05) is 12.1 Å². The van der Waals surface area contributed by atoms with E-state index < -0.39 is 11.9 Å². The Morgan fingerprint density at radius 2 is 1.97 bits per heavy atom. The third kappa shape index (κ3) is 3.67. The summed E-state index contributed by atoms with van der Waals surface area (Å²) in [4.78, 5) is 10.7. The molecular weight excluding hydrogens is 397 g/mol. The van der Waals surface area contributed by atoms with Crippen LogP contribution in [0.2, 0.25) is 0 Å². The molecule has 0 fully saturated rings. The standard InChI is InChI=1S/C20H23F3N6O/c1-11(2)29-18-14(17(27-29)20(21,22)23)9-24-19(26-18)25-15-7-13-10-28(3)6-5-12(13)8-16(15)30-4/h7-9,11H,5-6,10H2,1-4H3,(H,24,25,26). The fraction of sp³-hybridized carbons (Fsp3) is 0.450. The molecule has 0 amide bonds. The van der Waals surface area contributed by atoms with Gasteiger partial charge in [0.1, 0.15) is 5.75 Å². The molecule has 0 saturated heterocycles. The van der Waals surface area contributed by atoms with Crippen molar-refractivity contribution in [1.29, 1.82) is 0 Å². The molecule has 0 bridgehead atoms. The highest BCUT2D eigenvalue weighted by molar-refractivity contribution is 5.80. The molecule has 1 aromatic carbocycles. The highest BCUT2D eigenvalue weighted by Gasteiger charge is 2.37. The SMILES string of the molecule is COc1cc2c(cc1Nc1ncc3c(C(F)(F)F)nn(C(C)C)c3n1)CN(C)CC2. The molecule has 0 unspecified atom stereocenters. The zero-order chi connectivity index (χ0) is 21.6. The van der Waals surface area contributed by atoms with Gasteiger partial charge < -0.3 is 15.0 Å². The second-order valence-electron chi connectivity index (χ2n) is 7.75. The minimum atomic E-state index is -4.58. The first-order valence-corrected chi connectivity index (χ1v) is 9.65.